The summed E-state index contributed by atoms with van der Waals surface area (Å²) in [5.41, 5.74) is 3.83. The van der Waals surface area contributed by atoms with Crippen LogP contribution < -0.4 is 20.8 Å². The number of ether oxygens (including phenoxy) is 2. The summed E-state index contributed by atoms with van der Waals surface area (Å²) in [5, 5.41) is 5.40. The molecule has 0 aliphatic rings. The lowest BCUT2D eigenvalue weighted by atomic mass is 10.1. The molecule has 1 atom stereocenters. The van der Waals surface area contributed by atoms with Crippen LogP contribution in [-0.2, 0) is 35.3 Å². The van der Waals surface area contributed by atoms with Crippen LogP contribution in [0.5, 0.6) is 0 Å². The van der Waals surface area contributed by atoms with E-state index >= 15 is 0 Å². The highest BCUT2D eigenvalue weighted by atomic mass is 33.1. The van der Waals surface area contributed by atoms with Crippen LogP contribution in [0.3, 0.4) is 0 Å². The summed E-state index contributed by atoms with van der Waals surface area (Å²) < 4.78 is 13.6. The topological polar surface area (TPSA) is 127 Å². The Morgan fingerprint density at radius 3 is 2.29 bits per heavy atom. The molecule has 192 valence electrons. The molecule has 0 bridgehead atoms. The summed E-state index contributed by atoms with van der Waals surface area (Å²) >= 11 is 3.95. The molecule has 0 spiro atoms. The fourth-order valence-electron chi connectivity index (χ4n) is 2.57. The SMILES string of the molecule is CC(C)CC(=O)NOCc1ccc(NC(=O)[C@H](C)NC(=O)CCOCCOCCNSS)cc1. The fourth-order valence-corrected chi connectivity index (χ4v) is 3.02. The van der Waals surface area contributed by atoms with E-state index in [4.69, 9.17) is 14.3 Å². The van der Waals surface area contributed by atoms with Gasteiger partial charge in [0, 0.05) is 25.1 Å². The average Bonchev–Trinajstić information content (AvgIpc) is 2.78. The number of nitrogens with one attached hydrogen (secondary N) is 4. The maximum Gasteiger partial charge on any atom is 0.246 e. The molecular formula is C22H36N4O6S2. The summed E-state index contributed by atoms with van der Waals surface area (Å²) in [5.74, 6) is -0.512. The number of benzene rings is 1. The van der Waals surface area contributed by atoms with Gasteiger partial charge < -0.3 is 20.1 Å². The molecule has 0 aliphatic carbocycles. The number of rotatable bonds is 18. The molecule has 0 aromatic heterocycles. The minimum atomic E-state index is -0.702. The Bertz CT molecular complexity index is 737. The molecule has 1 aromatic rings. The van der Waals surface area contributed by atoms with Crippen molar-refractivity contribution in [2.45, 2.75) is 46.3 Å². The van der Waals surface area contributed by atoms with Crippen LogP contribution in [0.1, 0.15) is 39.2 Å². The van der Waals surface area contributed by atoms with Gasteiger partial charge in [0.2, 0.25) is 17.7 Å². The van der Waals surface area contributed by atoms with E-state index in [0.717, 1.165) is 5.56 Å². The van der Waals surface area contributed by atoms with Gasteiger partial charge in [-0.1, -0.05) is 37.6 Å². The number of carbonyl (C=O) groups is 3. The van der Waals surface area contributed by atoms with Gasteiger partial charge in [-0.15, -0.1) is 0 Å². The summed E-state index contributed by atoms with van der Waals surface area (Å²) in [6, 6.07) is 6.32. The molecule has 1 rings (SSSR count). The van der Waals surface area contributed by atoms with E-state index in [1.807, 2.05) is 13.8 Å². The van der Waals surface area contributed by atoms with Crippen LogP contribution in [0, 0.1) is 5.92 Å². The normalized spacial score (nSPS) is 11.8. The van der Waals surface area contributed by atoms with E-state index in [1.54, 1.807) is 31.2 Å². The Kier molecular flexibility index (Phi) is 16.4. The molecule has 4 N–H and O–H groups in total. The fraction of sp³-hybridized carbons (Fsp3) is 0.591. The predicted octanol–water partition coefficient (Wildman–Crippen LogP) is 2.23. The first-order valence-corrected chi connectivity index (χ1v) is 13.0. The molecule has 10 nitrogen and oxygen atoms in total. The number of hydrogen-bond acceptors (Lipinski definition) is 9. The standard InChI is InChI=1S/C22H36N4O6S2/c1-16(2)14-21(28)26-32-15-18-4-6-19(7-5-18)25-22(29)17(3)24-20(27)8-10-30-12-13-31-11-9-23-34-33/h4-7,16-17,23,33H,8-15H2,1-3H3,(H,24,27)(H,25,29)(H,26,28)/t17-/m0/s1. The molecule has 0 aliphatic heterocycles. The van der Waals surface area contributed by atoms with E-state index < -0.39 is 6.04 Å². The first-order chi connectivity index (χ1) is 16.3. The Hall–Kier alpha value is -1.83. The Morgan fingerprint density at radius 1 is 0.971 bits per heavy atom. The van der Waals surface area contributed by atoms with Crippen molar-refractivity contribution in [3.05, 3.63) is 29.8 Å². The van der Waals surface area contributed by atoms with Crippen molar-refractivity contribution in [1.29, 1.82) is 0 Å². The second-order valence-corrected chi connectivity index (χ2v) is 8.87. The van der Waals surface area contributed by atoms with Gasteiger partial charge in [0.15, 0.2) is 0 Å². The van der Waals surface area contributed by atoms with Crippen molar-refractivity contribution in [3.63, 3.8) is 0 Å². The summed E-state index contributed by atoms with van der Waals surface area (Å²) in [6.07, 6.45) is 0.550. The molecule has 0 unspecified atom stereocenters. The van der Waals surface area contributed by atoms with E-state index in [9.17, 15) is 14.4 Å². The molecule has 0 heterocycles. The highest BCUT2D eigenvalue weighted by molar-refractivity contribution is 8.67. The van der Waals surface area contributed by atoms with Gasteiger partial charge in [0.05, 0.1) is 33.0 Å². The van der Waals surface area contributed by atoms with Crippen LogP contribution in [0.2, 0.25) is 0 Å². The van der Waals surface area contributed by atoms with Crippen LogP contribution in [0.25, 0.3) is 0 Å². The third-order valence-electron chi connectivity index (χ3n) is 4.27. The lowest BCUT2D eigenvalue weighted by Crippen LogP contribution is -2.41. The number of anilines is 1. The summed E-state index contributed by atoms with van der Waals surface area (Å²) in [7, 11) is 1.23. The monoisotopic (exact) mass is 516 g/mol. The van der Waals surface area contributed by atoms with Crippen molar-refractivity contribution in [3.8, 4) is 0 Å². The minimum absolute atomic E-state index is 0.151. The number of amides is 3. The molecule has 0 radical (unpaired) electrons. The zero-order chi connectivity index (χ0) is 25.2. The Morgan fingerprint density at radius 2 is 1.65 bits per heavy atom. The molecular weight excluding hydrogens is 480 g/mol. The van der Waals surface area contributed by atoms with Crippen LogP contribution >= 0.6 is 22.6 Å². The van der Waals surface area contributed by atoms with Crippen molar-refractivity contribution >= 4 is 46.0 Å². The van der Waals surface area contributed by atoms with Crippen molar-refractivity contribution in [1.82, 2.24) is 15.5 Å². The Labute approximate surface area is 210 Å². The maximum atomic E-state index is 12.3. The largest absolute Gasteiger partial charge is 0.379 e. The van der Waals surface area contributed by atoms with Crippen LogP contribution in [0.15, 0.2) is 24.3 Å². The number of thiol groups is 1. The lowest BCUT2D eigenvalue weighted by molar-refractivity contribution is -0.135. The third-order valence-corrected chi connectivity index (χ3v) is 4.99. The average molecular weight is 517 g/mol. The molecule has 0 fully saturated rings. The zero-order valence-electron chi connectivity index (χ0n) is 19.9. The molecule has 34 heavy (non-hydrogen) atoms. The molecule has 0 saturated carbocycles. The highest BCUT2D eigenvalue weighted by Gasteiger charge is 2.15. The minimum Gasteiger partial charge on any atom is -0.379 e. The van der Waals surface area contributed by atoms with Gasteiger partial charge in [-0.3, -0.25) is 23.9 Å². The highest BCUT2D eigenvalue weighted by Crippen LogP contribution is 2.11. The van der Waals surface area contributed by atoms with Crippen molar-refractivity contribution in [2.75, 3.05) is 38.3 Å². The lowest BCUT2D eigenvalue weighted by Gasteiger charge is -2.14. The van der Waals surface area contributed by atoms with E-state index in [2.05, 4.69) is 32.5 Å². The van der Waals surface area contributed by atoms with Gasteiger partial charge in [-0.2, -0.15) is 0 Å². The number of hydrogen-bond donors (Lipinski definition) is 5. The second-order valence-electron chi connectivity index (χ2n) is 7.85. The van der Waals surface area contributed by atoms with Crippen LogP contribution in [0.4, 0.5) is 5.69 Å². The van der Waals surface area contributed by atoms with Gasteiger partial charge >= 0.3 is 0 Å². The smallest absolute Gasteiger partial charge is 0.246 e. The maximum absolute atomic E-state index is 12.3. The number of carbonyl (C=O) groups excluding carboxylic acids is 3. The molecule has 1 aromatic carbocycles. The van der Waals surface area contributed by atoms with Crippen molar-refractivity contribution < 1.29 is 28.7 Å². The van der Waals surface area contributed by atoms with Crippen LogP contribution in [-0.4, -0.2) is 56.7 Å². The summed E-state index contributed by atoms with van der Waals surface area (Å²) in [4.78, 5) is 41.1. The Balaban J connectivity index is 2.21. The molecule has 3 amide bonds. The predicted molar refractivity (Wildman–Crippen MR) is 136 cm³/mol. The first kappa shape index (κ1) is 30.2. The second kappa shape index (κ2) is 18.5. The first-order valence-electron chi connectivity index (χ1n) is 11.1. The summed E-state index contributed by atoms with van der Waals surface area (Å²) in [6.45, 7) is 8.06. The van der Waals surface area contributed by atoms with Gasteiger partial charge in [0.1, 0.15) is 6.04 Å². The van der Waals surface area contributed by atoms with E-state index in [0.29, 0.717) is 38.5 Å². The van der Waals surface area contributed by atoms with E-state index in [1.165, 1.54) is 11.0 Å². The van der Waals surface area contributed by atoms with Gasteiger partial charge in [-0.25, -0.2) is 5.48 Å². The molecule has 12 heteroatoms. The van der Waals surface area contributed by atoms with Gasteiger partial charge in [-0.05, 0) is 41.5 Å². The number of hydroxylamine groups is 1. The third kappa shape index (κ3) is 15.1. The van der Waals surface area contributed by atoms with Gasteiger partial charge in [0.25, 0.3) is 0 Å². The zero-order valence-corrected chi connectivity index (χ0v) is 21.6. The molecule has 0 saturated heterocycles. The van der Waals surface area contributed by atoms with Crippen molar-refractivity contribution in [2.24, 2.45) is 5.92 Å². The quantitative estimate of drug-likeness (QED) is 0.0661. The van der Waals surface area contributed by atoms with E-state index in [-0.39, 0.29) is 43.3 Å².